The van der Waals surface area contributed by atoms with Crippen molar-refractivity contribution in [1.82, 2.24) is 0 Å². The molecule has 0 saturated heterocycles. The molecule has 2 unspecified atom stereocenters. The fourth-order valence-electron chi connectivity index (χ4n) is 2.26. The summed E-state index contributed by atoms with van der Waals surface area (Å²) in [6, 6.07) is 16.0. The van der Waals surface area contributed by atoms with Crippen LogP contribution in [0.4, 0.5) is 0 Å². The molecule has 0 amide bonds. The number of hydrogen-bond donors (Lipinski definition) is 2. The minimum atomic E-state index is -1.33. The Balaban J connectivity index is 2.21. The topological polar surface area (TPSA) is 57.5 Å². The minimum Gasteiger partial charge on any atom is -0.479 e. The van der Waals surface area contributed by atoms with E-state index in [0.717, 1.165) is 21.2 Å². The van der Waals surface area contributed by atoms with Crippen molar-refractivity contribution < 1.29 is 15.0 Å². The quantitative estimate of drug-likeness (QED) is 0.856. The van der Waals surface area contributed by atoms with Crippen LogP contribution in [-0.2, 0) is 4.79 Å². The maximum atomic E-state index is 10.7. The summed E-state index contributed by atoms with van der Waals surface area (Å²) in [7, 11) is 0. The SMILES string of the molecule is CC(CC(O)C(=O)O)c1ccc(-c2ccccc2)c(Br)c1. The van der Waals surface area contributed by atoms with Gasteiger partial charge in [-0.1, -0.05) is 65.3 Å². The van der Waals surface area contributed by atoms with E-state index >= 15 is 0 Å². The van der Waals surface area contributed by atoms with Gasteiger partial charge in [0.1, 0.15) is 0 Å². The molecular formula is C17H17BrO3. The summed E-state index contributed by atoms with van der Waals surface area (Å²) >= 11 is 3.57. The van der Waals surface area contributed by atoms with E-state index in [0.29, 0.717) is 0 Å². The van der Waals surface area contributed by atoms with Gasteiger partial charge >= 0.3 is 5.97 Å². The third-order valence-corrected chi connectivity index (χ3v) is 4.16. The van der Waals surface area contributed by atoms with Gasteiger partial charge in [-0.15, -0.1) is 0 Å². The Labute approximate surface area is 132 Å². The van der Waals surface area contributed by atoms with Crippen molar-refractivity contribution in [2.75, 3.05) is 0 Å². The van der Waals surface area contributed by atoms with Crippen LogP contribution in [0.15, 0.2) is 53.0 Å². The highest BCUT2D eigenvalue weighted by Gasteiger charge is 2.18. The molecule has 0 fully saturated rings. The Morgan fingerprint density at radius 1 is 1.19 bits per heavy atom. The number of hydrogen-bond acceptors (Lipinski definition) is 2. The van der Waals surface area contributed by atoms with Gasteiger partial charge in [-0.05, 0) is 35.1 Å². The number of benzene rings is 2. The fourth-order valence-corrected chi connectivity index (χ4v) is 2.89. The van der Waals surface area contributed by atoms with Crippen LogP contribution >= 0.6 is 15.9 Å². The molecule has 2 N–H and O–H groups in total. The molecule has 0 saturated carbocycles. The second kappa shape index (κ2) is 6.87. The fraction of sp³-hybridized carbons (Fsp3) is 0.235. The summed E-state index contributed by atoms with van der Waals surface area (Å²) in [6.45, 7) is 1.91. The molecule has 0 aliphatic heterocycles. The monoisotopic (exact) mass is 348 g/mol. The number of halogens is 1. The lowest BCUT2D eigenvalue weighted by Gasteiger charge is -2.15. The van der Waals surface area contributed by atoms with Gasteiger partial charge in [0.05, 0.1) is 0 Å². The largest absolute Gasteiger partial charge is 0.479 e. The van der Waals surface area contributed by atoms with Crippen LogP contribution in [0.1, 0.15) is 24.8 Å². The van der Waals surface area contributed by atoms with Crippen LogP contribution in [0.5, 0.6) is 0 Å². The predicted molar refractivity (Wildman–Crippen MR) is 86.3 cm³/mol. The average Bonchev–Trinajstić information content (AvgIpc) is 2.47. The van der Waals surface area contributed by atoms with Crippen molar-refractivity contribution in [2.24, 2.45) is 0 Å². The van der Waals surface area contributed by atoms with Gasteiger partial charge in [-0.25, -0.2) is 4.79 Å². The first-order chi connectivity index (χ1) is 9.99. The number of aliphatic hydroxyl groups excluding tert-OH is 1. The van der Waals surface area contributed by atoms with Crippen molar-refractivity contribution in [2.45, 2.75) is 25.4 Å². The Morgan fingerprint density at radius 3 is 2.43 bits per heavy atom. The zero-order valence-electron chi connectivity index (χ0n) is 11.7. The van der Waals surface area contributed by atoms with E-state index in [9.17, 15) is 9.90 Å². The molecule has 0 bridgehead atoms. The predicted octanol–water partition coefficient (Wildman–Crippen LogP) is 4.06. The first-order valence-corrected chi connectivity index (χ1v) is 7.54. The van der Waals surface area contributed by atoms with Gasteiger partial charge in [0.15, 0.2) is 6.10 Å². The van der Waals surface area contributed by atoms with Gasteiger partial charge < -0.3 is 10.2 Å². The molecule has 2 aromatic rings. The summed E-state index contributed by atoms with van der Waals surface area (Å²) < 4.78 is 0.961. The van der Waals surface area contributed by atoms with Gasteiger partial charge in [-0.3, -0.25) is 0 Å². The van der Waals surface area contributed by atoms with Crippen molar-refractivity contribution in [1.29, 1.82) is 0 Å². The van der Waals surface area contributed by atoms with Gasteiger partial charge in [0, 0.05) is 4.47 Å². The van der Waals surface area contributed by atoms with Crippen molar-refractivity contribution in [3.8, 4) is 11.1 Å². The normalized spacial score (nSPS) is 13.7. The zero-order valence-corrected chi connectivity index (χ0v) is 13.2. The summed E-state index contributed by atoms with van der Waals surface area (Å²) in [5.74, 6) is -1.21. The Morgan fingerprint density at radius 2 is 1.86 bits per heavy atom. The number of rotatable bonds is 5. The highest BCUT2D eigenvalue weighted by Crippen LogP contribution is 2.32. The number of carboxylic acids is 1. The van der Waals surface area contributed by atoms with E-state index in [1.54, 1.807) is 0 Å². The molecule has 0 radical (unpaired) electrons. The third-order valence-electron chi connectivity index (χ3n) is 3.51. The van der Waals surface area contributed by atoms with Crippen LogP contribution < -0.4 is 0 Å². The molecule has 110 valence electrons. The first kappa shape index (κ1) is 15.7. The van der Waals surface area contributed by atoms with E-state index in [4.69, 9.17) is 5.11 Å². The maximum Gasteiger partial charge on any atom is 0.332 e. The molecule has 21 heavy (non-hydrogen) atoms. The number of carbonyl (C=O) groups is 1. The van der Waals surface area contributed by atoms with Gasteiger partial charge in [0.2, 0.25) is 0 Å². The highest BCUT2D eigenvalue weighted by atomic mass is 79.9. The maximum absolute atomic E-state index is 10.7. The molecule has 2 rings (SSSR count). The Hall–Kier alpha value is -1.65. The van der Waals surface area contributed by atoms with Crippen LogP contribution in [0, 0.1) is 0 Å². The smallest absolute Gasteiger partial charge is 0.332 e. The van der Waals surface area contributed by atoms with E-state index in [2.05, 4.69) is 15.9 Å². The van der Waals surface area contributed by atoms with Crippen LogP contribution in [0.2, 0.25) is 0 Å². The van der Waals surface area contributed by atoms with Crippen LogP contribution in [-0.4, -0.2) is 22.3 Å². The number of aliphatic hydroxyl groups is 1. The van der Waals surface area contributed by atoms with E-state index < -0.39 is 12.1 Å². The molecule has 0 heterocycles. The third kappa shape index (κ3) is 3.93. The lowest BCUT2D eigenvalue weighted by molar-refractivity contribution is -0.147. The molecular weight excluding hydrogens is 332 g/mol. The molecule has 0 aliphatic carbocycles. The van der Waals surface area contributed by atoms with Crippen molar-refractivity contribution in [3.05, 3.63) is 58.6 Å². The van der Waals surface area contributed by atoms with Crippen LogP contribution in [0.25, 0.3) is 11.1 Å². The molecule has 0 aliphatic rings. The number of carboxylic acid groups (broad SMARTS) is 1. The molecule has 0 spiro atoms. The second-order valence-corrected chi connectivity index (χ2v) is 5.95. The lowest BCUT2D eigenvalue weighted by atomic mass is 9.93. The van der Waals surface area contributed by atoms with Crippen LogP contribution in [0.3, 0.4) is 0 Å². The molecule has 2 atom stereocenters. The average molecular weight is 349 g/mol. The summed E-state index contributed by atoms with van der Waals surface area (Å²) in [5, 5.41) is 18.2. The van der Waals surface area contributed by atoms with E-state index in [-0.39, 0.29) is 12.3 Å². The molecule has 0 aromatic heterocycles. The molecule has 3 nitrogen and oxygen atoms in total. The number of aliphatic carboxylic acids is 1. The zero-order chi connectivity index (χ0) is 15.4. The van der Waals surface area contributed by atoms with Crippen molar-refractivity contribution >= 4 is 21.9 Å². The van der Waals surface area contributed by atoms with Gasteiger partial charge in [-0.2, -0.15) is 0 Å². The second-order valence-electron chi connectivity index (χ2n) is 5.10. The highest BCUT2D eigenvalue weighted by molar-refractivity contribution is 9.10. The van der Waals surface area contributed by atoms with E-state index in [1.807, 2.05) is 55.5 Å². The first-order valence-electron chi connectivity index (χ1n) is 6.74. The summed E-state index contributed by atoms with van der Waals surface area (Å²) in [5.41, 5.74) is 3.21. The summed E-state index contributed by atoms with van der Waals surface area (Å²) in [6.07, 6.45) is -1.13. The Bertz CT molecular complexity index is 625. The lowest BCUT2D eigenvalue weighted by Crippen LogP contribution is -2.21. The van der Waals surface area contributed by atoms with E-state index in [1.165, 1.54) is 0 Å². The van der Waals surface area contributed by atoms with Crippen molar-refractivity contribution in [3.63, 3.8) is 0 Å². The standard InChI is InChI=1S/C17H17BrO3/c1-11(9-16(19)17(20)21)13-7-8-14(15(18)10-13)12-5-3-2-4-6-12/h2-8,10-11,16,19H,9H2,1H3,(H,20,21). The minimum absolute atomic E-state index is 0.0303. The Kier molecular flexibility index (Phi) is 5.15. The van der Waals surface area contributed by atoms with Gasteiger partial charge in [0.25, 0.3) is 0 Å². The molecule has 2 aromatic carbocycles. The summed E-state index contributed by atoms with van der Waals surface area (Å²) in [4.78, 5) is 10.7. The molecule has 4 heteroatoms.